The van der Waals surface area contributed by atoms with E-state index in [9.17, 15) is 10.1 Å². The number of nitrogens with one attached hydrogen (secondary N) is 1. The Balaban J connectivity index is 2.16. The number of benzene rings is 1. The zero-order valence-corrected chi connectivity index (χ0v) is 11.9. The van der Waals surface area contributed by atoms with E-state index in [1.54, 1.807) is 18.3 Å². The standard InChI is InChI=1S/C13H15N3O3S/c1-2-5-14-12-4-3-11(16(17)18)8-10(12)9-20-13-15-6-7-19-13/h3-4,6-8,14H,2,5,9H2,1H3. The van der Waals surface area contributed by atoms with Crippen LogP contribution < -0.4 is 5.32 Å². The van der Waals surface area contributed by atoms with Crippen LogP contribution >= 0.6 is 11.8 Å². The molecule has 2 rings (SSSR count). The van der Waals surface area contributed by atoms with Crippen molar-refractivity contribution in [3.05, 3.63) is 46.3 Å². The normalized spacial score (nSPS) is 10.4. The monoisotopic (exact) mass is 293 g/mol. The van der Waals surface area contributed by atoms with E-state index in [0.717, 1.165) is 24.2 Å². The van der Waals surface area contributed by atoms with Crippen LogP contribution in [0.3, 0.4) is 0 Å². The summed E-state index contributed by atoms with van der Waals surface area (Å²) in [5, 5.41) is 14.7. The molecule has 0 aliphatic carbocycles. The number of hydrogen-bond acceptors (Lipinski definition) is 6. The van der Waals surface area contributed by atoms with Crippen LogP contribution in [0.4, 0.5) is 11.4 Å². The number of thioether (sulfide) groups is 1. The number of hydrogen-bond donors (Lipinski definition) is 1. The van der Waals surface area contributed by atoms with Crippen molar-refractivity contribution in [1.82, 2.24) is 4.98 Å². The molecular weight excluding hydrogens is 278 g/mol. The Bertz CT molecular complexity index is 572. The molecular formula is C13H15N3O3S. The number of non-ortho nitro benzene ring substituents is 1. The second-order valence-electron chi connectivity index (χ2n) is 4.11. The summed E-state index contributed by atoms with van der Waals surface area (Å²) in [7, 11) is 0. The molecule has 1 aromatic heterocycles. The van der Waals surface area contributed by atoms with Gasteiger partial charge in [-0.05, 0) is 18.1 Å². The van der Waals surface area contributed by atoms with Crippen LogP contribution in [0.1, 0.15) is 18.9 Å². The maximum absolute atomic E-state index is 10.9. The Kier molecular flexibility index (Phi) is 5.00. The van der Waals surface area contributed by atoms with Crippen LogP contribution in [0, 0.1) is 10.1 Å². The fourth-order valence-corrected chi connectivity index (χ4v) is 2.44. The fraction of sp³-hybridized carbons (Fsp3) is 0.308. The van der Waals surface area contributed by atoms with Gasteiger partial charge in [-0.3, -0.25) is 10.1 Å². The van der Waals surface area contributed by atoms with Crippen molar-refractivity contribution in [1.29, 1.82) is 0 Å². The molecule has 0 aliphatic heterocycles. The van der Waals surface area contributed by atoms with E-state index in [2.05, 4.69) is 17.2 Å². The summed E-state index contributed by atoms with van der Waals surface area (Å²) in [6, 6.07) is 4.85. The topological polar surface area (TPSA) is 81.2 Å². The largest absolute Gasteiger partial charge is 0.440 e. The van der Waals surface area contributed by atoms with Gasteiger partial charge in [0, 0.05) is 30.1 Å². The van der Waals surface area contributed by atoms with Gasteiger partial charge in [-0.25, -0.2) is 4.98 Å². The average Bonchev–Trinajstić information content (AvgIpc) is 2.96. The second-order valence-corrected chi connectivity index (χ2v) is 5.04. The van der Waals surface area contributed by atoms with Crippen molar-refractivity contribution in [2.24, 2.45) is 0 Å². The highest BCUT2D eigenvalue weighted by Gasteiger charge is 2.11. The number of rotatable bonds is 7. The van der Waals surface area contributed by atoms with Crippen LogP contribution in [0.15, 0.2) is 40.3 Å². The Morgan fingerprint density at radius 1 is 1.50 bits per heavy atom. The van der Waals surface area contributed by atoms with Gasteiger partial charge in [-0.1, -0.05) is 18.7 Å². The number of nitro benzene ring substituents is 1. The van der Waals surface area contributed by atoms with Crippen molar-refractivity contribution >= 4 is 23.1 Å². The number of anilines is 1. The first kappa shape index (κ1) is 14.4. The van der Waals surface area contributed by atoms with E-state index in [4.69, 9.17) is 4.42 Å². The zero-order valence-electron chi connectivity index (χ0n) is 11.0. The van der Waals surface area contributed by atoms with Crippen molar-refractivity contribution in [3.63, 3.8) is 0 Å². The van der Waals surface area contributed by atoms with Crippen LogP contribution in [-0.4, -0.2) is 16.5 Å². The lowest BCUT2D eigenvalue weighted by Gasteiger charge is -2.10. The van der Waals surface area contributed by atoms with Crippen molar-refractivity contribution in [2.45, 2.75) is 24.3 Å². The maximum Gasteiger partial charge on any atom is 0.269 e. The first-order valence-corrected chi connectivity index (χ1v) is 7.22. The lowest BCUT2D eigenvalue weighted by molar-refractivity contribution is -0.384. The van der Waals surface area contributed by atoms with Crippen molar-refractivity contribution in [3.8, 4) is 0 Å². The molecule has 0 fully saturated rings. The quantitative estimate of drug-likeness (QED) is 0.476. The van der Waals surface area contributed by atoms with Crippen molar-refractivity contribution in [2.75, 3.05) is 11.9 Å². The third kappa shape index (κ3) is 3.74. The van der Waals surface area contributed by atoms with E-state index >= 15 is 0 Å². The summed E-state index contributed by atoms with van der Waals surface area (Å²) in [6.07, 6.45) is 4.07. The highest BCUT2D eigenvalue weighted by molar-refractivity contribution is 7.98. The van der Waals surface area contributed by atoms with Gasteiger partial charge in [0.25, 0.3) is 10.9 Å². The van der Waals surface area contributed by atoms with E-state index in [1.165, 1.54) is 24.1 Å². The van der Waals surface area contributed by atoms with Crippen molar-refractivity contribution < 1.29 is 9.34 Å². The molecule has 6 nitrogen and oxygen atoms in total. The molecule has 7 heteroatoms. The molecule has 0 saturated carbocycles. The molecule has 20 heavy (non-hydrogen) atoms. The van der Waals surface area contributed by atoms with E-state index < -0.39 is 0 Å². The molecule has 0 atom stereocenters. The van der Waals surface area contributed by atoms with Crippen LogP contribution in [0.2, 0.25) is 0 Å². The van der Waals surface area contributed by atoms with Crippen LogP contribution in [0.25, 0.3) is 0 Å². The molecule has 1 heterocycles. The molecule has 0 bridgehead atoms. The highest BCUT2D eigenvalue weighted by atomic mass is 32.2. The lowest BCUT2D eigenvalue weighted by atomic mass is 10.1. The Labute approximate surface area is 120 Å². The van der Waals surface area contributed by atoms with Gasteiger partial charge in [0.2, 0.25) is 0 Å². The molecule has 0 saturated heterocycles. The predicted molar refractivity (Wildman–Crippen MR) is 77.9 cm³/mol. The highest BCUT2D eigenvalue weighted by Crippen LogP contribution is 2.28. The van der Waals surface area contributed by atoms with E-state index in [1.807, 2.05) is 0 Å². The molecule has 1 N–H and O–H groups in total. The van der Waals surface area contributed by atoms with Crippen LogP contribution in [-0.2, 0) is 5.75 Å². The summed E-state index contributed by atoms with van der Waals surface area (Å²) in [5.41, 5.74) is 1.88. The van der Waals surface area contributed by atoms with Gasteiger partial charge >= 0.3 is 0 Å². The molecule has 106 valence electrons. The van der Waals surface area contributed by atoms with E-state index in [0.29, 0.717) is 11.0 Å². The van der Waals surface area contributed by atoms with Gasteiger partial charge in [0.1, 0.15) is 6.26 Å². The van der Waals surface area contributed by atoms with Gasteiger partial charge < -0.3 is 9.73 Å². The molecule has 1 aromatic carbocycles. The molecule has 0 aliphatic rings. The zero-order chi connectivity index (χ0) is 14.4. The Hall–Kier alpha value is -2.02. The smallest absolute Gasteiger partial charge is 0.269 e. The van der Waals surface area contributed by atoms with Crippen LogP contribution in [0.5, 0.6) is 0 Å². The minimum absolute atomic E-state index is 0.0926. The molecule has 0 amide bonds. The Morgan fingerprint density at radius 3 is 3.00 bits per heavy atom. The predicted octanol–water partition coefficient (Wildman–Crippen LogP) is 3.70. The van der Waals surface area contributed by atoms with Gasteiger partial charge in [-0.2, -0.15) is 0 Å². The SMILES string of the molecule is CCCNc1ccc([N+](=O)[O-])cc1CSc1ncco1. The van der Waals surface area contributed by atoms with E-state index in [-0.39, 0.29) is 10.6 Å². The average molecular weight is 293 g/mol. The van der Waals surface area contributed by atoms with Gasteiger partial charge in [0.05, 0.1) is 11.1 Å². The summed E-state index contributed by atoms with van der Waals surface area (Å²) in [5.74, 6) is 0.564. The van der Waals surface area contributed by atoms with Gasteiger partial charge in [0.15, 0.2) is 0 Å². The fourth-order valence-electron chi connectivity index (χ4n) is 1.67. The number of oxazole rings is 1. The molecule has 2 aromatic rings. The first-order valence-electron chi connectivity index (χ1n) is 6.24. The number of nitro groups is 1. The minimum Gasteiger partial charge on any atom is -0.440 e. The number of nitrogens with zero attached hydrogens (tertiary/aromatic N) is 2. The van der Waals surface area contributed by atoms with Gasteiger partial charge in [-0.15, -0.1) is 0 Å². The minimum atomic E-state index is -0.386. The number of aromatic nitrogens is 1. The third-order valence-electron chi connectivity index (χ3n) is 2.63. The summed E-state index contributed by atoms with van der Waals surface area (Å²) >= 11 is 1.41. The second kappa shape index (κ2) is 6.95. The summed E-state index contributed by atoms with van der Waals surface area (Å²) in [6.45, 7) is 2.90. The first-order chi connectivity index (χ1) is 9.70. The Morgan fingerprint density at radius 2 is 2.35 bits per heavy atom. The molecule has 0 radical (unpaired) electrons. The third-order valence-corrected chi connectivity index (χ3v) is 3.53. The maximum atomic E-state index is 10.9. The summed E-state index contributed by atoms with van der Waals surface area (Å²) in [4.78, 5) is 14.5. The summed E-state index contributed by atoms with van der Waals surface area (Å²) < 4.78 is 5.15. The molecule has 0 spiro atoms. The lowest BCUT2D eigenvalue weighted by Crippen LogP contribution is -2.03. The molecule has 0 unspecified atom stereocenters.